The molecule has 1 heterocycles. The molecule has 3 amide bonds. The van der Waals surface area contributed by atoms with E-state index in [9.17, 15) is 22.8 Å². The molecule has 2 aromatic rings. The number of nitrogens with zero attached hydrogens (tertiary/aromatic N) is 2. The first-order valence-electron chi connectivity index (χ1n) is 11.1. The first kappa shape index (κ1) is 25.7. The lowest BCUT2D eigenvalue weighted by Gasteiger charge is -2.29. The van der Waals surface area contributed by atoms with Gasteiger partial charge in [-0.1, -0.05) is 42.8 Å². The molecule has 1 aliphatic rings. The van der Waals surface area contributed by atoms with E-state index in [1.54, 1.807) is 37.3 Å². The Hall–Kier alpha value is -2.91. The van der Waals surface area contributed by atoms with E-state index in [1.807, 2.05) is 13.0 Å². The molecular formula is C24H28ClN3O5S. The van der Waals surface area contributed by atoms with Gasteiger partial charge in [0, 0.05) is 31.1 Å². The Morgan fingerprint density at radius 2 is 1.88 bits per heavy atom. The molecular weight excluding hydrogens is 478 g/mol. The van der Waals surface area contributed by atoms with E-state index in [0.717, 1.165) is 16.3 Å². The summed E-state index contributed by atoms with van der Waals surface area (Å²) in [6.07, 6.45) is 0.871. The molecule has 1 N–H and O–H groups in total. The van der Waals surface area contributed by atoms with E-state index in [1.165, 1.54) is 17.0 Å². The predicted octanol–water partition coefficient (Wildman–Crippen LogP) is 3.21. The summed E-state index contributed by atoms with van der Waals surface area (Å²) in [5.41, 5.74) is 0.904. The maximum atomic E-state index is 13.1. The van der Waals surface area contributed by atoms with E-state index in [2.05, 4.69) is 5.32 Å². The quantitative estimate of drug-likeness (QED) is 0.534. The van der Waals surface area contributed by atoms with E-state index >= 15 is 0 Å². The number of sulfonamides is 1. The van der Waals surface area contributed by atoms with Gasteiger partial charge in [-0.05, 0) is 49.6 Å². The number of nitrogens with one attached hydrogen (secondary N) is 1. The van der Waals surface area contributed by atoms with E-state index in [0.29, 0.717) is 11.6 Å². The zero-order valence-electron chi connectivity index (χ0n) is 19.2. The number of halogens is 1. The van der Waals surface area contributed by atoms with Crippen LogP contribution in [0.25, 0.3) is 0 Å². The monoisotopic (exact) mass is 505 g/mol. The summed E-state index contributed by atoms with van der Waals surface area (Å²) in [6, 6.07) is 12.3. The van der Waals surface area contributed by atoms with Crippen molar-refractivity contribution in [2.24, 2.45) is 0 Å². The van der Waals surface area contributed by atoms with Crippen molar-refractivity contribution in [2.45, 2.75) is 50.6 Å². The second-order valence-corrected chi connectivity index (χ2v) is 10.4. The normalized spacial score (nSPS) is 15.0. The number of carbonyl (C=O) groups is 3. The van der Waals surface area contributed by atoms with Crippen LogP contribution in [0.4, 0.5) is 0 Å². The summed E-state index contributed by atoms with van der Waals surface area (Å²) in [4.78, 5) is 39.7. The second-order valence-electron chi connectivity index (χ2n) is 8.10. The molecule has 3 rings (SSSR count). The highest BCUT2D eigenvalue weighted by atomic mass is 35.5. The van der Waals surface area contributed by atoms with Gasteiger partial charge in [0.25, 0.3) is 15.9 Å². The third-order valence-corrected chi connectivity index (χ3v) is 7.70. The Labute approximate surface area is 204 Å². The van der Waals surface area contributed by atoms with E-state index < -0.39 is 22.0 Å². The van der Waals surface area contributed by atoms with Gasteiger partial charge < -0.3 is 10.2 Å². The van der Waals surface area contributed by atoms with Crippen LogP contribution in [0.1, 0.15) is 49.0 Å². The fraction of sp³-hybridized carbons (Fsp3) is 0.375. The first-order chi connectivity index (χ1) is 16.2. The molecule has 182 valence electrons. The Bertz CT molecular complexity index is 1180. The fourth-order valence-electron chi connectivity index (χ4n) is 3.78. The lowest BCUT2D eigenvalue weighted by Crippen LogP contribution is -2.47. The second kappa shape index (κ2) is 11.0. The van der Waals surface area contributed by atoms with E-state index in [4.69, 9.17) is 11.6 Å². The maximum absolute atomic E-state index is 13.1. The topological polar surface area (TPSA) is 104 Å². The molecule has 0 spiro atoms. The number of hydrogen-bond donors (Lipinski definition) is 1. The van der Waals surface area contributed by atoms with E-state index in [-0.39, 0.29) is 48.2 Å². The summed E-state index contributed by atoms with van der Waals surface area (Å²) in [5, 5.41) is 3.32. The molecule has 0 aliphatic carbocycles. The summed E-state index contributed by atoms with van der Waals surface area (Å²) in [7, 11) is -3.93. The minimum absolute atomic E-state index is 0.0184. The van der Waals surface area contributed by atoms with Crippen LogP contribution < -0.4 is 5.32 Å². The number of rotatable bonds is 10. The van der Waals surface area contributed by atoms with Gasteiger partial charge in [0.1, 0.15) is 10.9 Å². The molecule has 34 heavy (non-hydrogen) atoms. The largest absolute Gasteiger partial charge is 0.354 e. The van der Waals surface area contributed by atoms with Crippen LogP contribution in [0, 0.1) is 0 Å². The number of carbonyl (C=O) groups excluding carboxylic acids is 3. The van der Waals surface area contributed by atoms with Crippen molar-refractivity contribution in [1.82, 2.24) is 14.5 Å². The molecule has 0 radical (unpaired) electrons. The Morgan fingerprint density at radius 1 is 1.15 bits per heavy atom. The first-order valence-corrected chi connectivity index (χ1v) is 13.0. The SMILES string of the molecule is CCCNC(=O)[C@@H](C)N(Cc1cccc(Cl)c1)C(=O)CCCN1C(=O)c2ccccc2S1(=O)=O. The maximum Gasteiger partial charge on any atom is 0.269 e. The average molecular weight is 506 g/mol. The average Bonchev–Trinajstić information content (AvgIpc) is 3.01. The molecule has 1 aliphatic heterocycles. The molecule has 0 unspecified atom stereocenters. The van der Waals surface area contributed by atoms with Crippen LogP contribution in [-0.4, -0.2) is 54.5 Å². The van der Waals surface area contributed by atoms with Gasteiger partial charge >= 0.3 is 0 Å². The Balaban J connectivity index is 1.70. The van der Waals surface area contributed by atoms with Gasteiger partial charge in [0.2, 0.25) is 11.8 Å². The molecule has 1 atom stereocenters. The van der Waals surface area contributed by atoms with Crippen LogP contribution in [0.2, 0.25) is 5.02 Å². The lowest BCUT2D eigenvalue weighted by molar-refractivity contribution is -0.140. The highest BCUT2D eigenvalue weighted by Gasteiger charge is 2.40. The number of hydrogen-bond acceptors (Lipinski definition) is 5. The molecule has 0 saturated carbocycles. The minimum atomic E-state index is -3.93. The Morgan fingerprint density at radius 3 is 2.56 bits per heavy atom. The van der Waals surface area contributed by atoms with Crippen LogP contribution in [0.3, 0.4) is 0 Å². The molecule has 2 aromatic carbocycles. The smallest absolute Gasteiger partial charge is 0.269 e. The van der Waals surface area contributed by atoms with Crippen LogP contribution in [-0.2, 0) is 26.2 Å². The predicted molar refractivity (Wildman–Crippen MR) is 129 cm³/mol. The standard InChI is InChI=1S/C24H28ClN3O5S/c1-3-13-26-23(30)17(2)27(16-18-8-6-9-19(25)15-18)22(29)12-7-14-28-24(31)20-10-4-5-11-21(20)34(28,32)33/h4-6,8-11,15,17H,3,7,12-14,16H2,1-2H3,(H,26,30)/t17-/m1/s1. The number of fused-ring (bicyclic) bond motifs is 1. The van der Waals surface area contributed by atoms with Gasteiger partial charge in [0.05, 0.1) is 5.56 Å². The molecule has 8 nitrogen and oxygen atoms in total. The fourth-order valence-corrected chi connectivity index (χ4v) is 5.60. The molecule has 0 saturated heterocycles. The highest BCUT2D eigenvalue weighted by molar-refractivity contribution is 7.90. The van der Waals surface area contributed by atoms with Crippen molar-refractivity contribution in [3.63, 3.8) is 0 Å². The number of benzene rings is 2. The zero-order valence-corrected chi connectivity index (χ0v) is 20.7. The van der Waals surface area contributed by atoms with Crippen molar-refractivity contribution in [1.29, 1.82) is 0 Å². The van der Waals surface area contributed by atoms with Crippen LogP contribution >= 0.6 is 11.6 Å². The Kier molecular flexibility index (Phi) is 8.33. The van der Waals surface area contributed by atoms with Gasteiger partial charge in [-0.3, -0.25) is 14.4 Å². The summed E-state index contributed by atoms with van der Waals surface area (Å²) >= 11 is 6.08. The van der Waals surface area contributed by atoms with Crippen LogP contribution in [0.15, 0.2) is 53.4 Å². The van der Waals surface area contributed by atoms with Gasteiger partial charge in [0.15, 0.2) is 0 Å². The summed E-state index contributed by atoms with van der Waals surface area (Å²) in [5.74, 6) is -1.18. The van der Waals surface area contributed by atoms with Crippen molar-refractivity contribution in [3.05, 3.63) is 64.7 Å². The van der Waals surface area contributed by atoms with Crippen molar-refractivity contribution in [2.75, 3.05) is 13.1 Å². The molecule has 0 fully saturated rings. The third kappa shape index (κ3) is 5.59. The van der Waals surface area contributed by atoms with Gasteiger partial charge in [-0.25, -0.2) is 12.7 Å². The molecule has 10 heteroatoms. The van der Waals surface area contributed by atoms with Crippen LogP contribution in [0.5, 0.6) is 0 Å². The molecule has 0 bridgehead atoms. The highest BCUT2D eigenvalue weighted by Crippen LogP contribution is 2.30. The zero-order chi connectivity index (χ0) is 24.9. The van der Waals surface area contributed by atoms with Crippen molar-refractivity contribution in [3.8, 4) is 0 Å². The lowest BCUT2D eigenvalue weighted by atomic mass is 10.1. The number of amides is 3. The van der Waals surface area contributed by atoms with Crippen molar-refractivity contribution >= 4 is 39.3 Å². The van der Waals surface area contributed by atoms with Gasteiger partial charge in [-0.15, -0.1) is 0 Å². The summed E-state index contributed by atoms with van der Waals surface area (Å²) in [6.45, 7) is 4.14. The third-order valence-electron chi connectivity index (χ3n) is 5.62. The summed E-state index contributed by atoms with van der Waals surface area (Å²) < 4.78 is 26.2. The van der Waals surface area contributed by atoms with Gasteiger partial charge in [-0.2, -0.15) is 0 Å². The van der Waals surface area contributed by atoms with Crippen molar-refractivity contribution < 1.29 is 22.8 Å². The molecule has 0 aromatic heterocycles. The minimum Gasteiger partial charge on any atom is -0.354 e.